The predicted molar refractivity (Wildman–Crippen MR) is 103 cm³/mol. The Morgan fingerprint density at radius 3 is 2.69 bits per heavy atom. The average molecular weight is 398 g/mol. The van der Waals surface area contributed by atoms with Gasteiger partial charge in [0.1, 0.15) is 6.61 Å². The first-order valence-electron chi connectivity index (χ1n) is 8.87. The fourth-order valence-electron chi connectivity index (χ4n) is 2.67. The molecule has 0 saturated heterocycles. The van der Waals surface area contributed by atoms with Crippen LogP contribution in [0.25, 0.3) is 0 Å². The van der Waals surface area contributed by atoms with Crippen molar-refractivity contribution in [3.05, 3.63) is 57.6 Å². The maximum Gasteiger partial charge on any atom is 0.284 e. The van der Waals surface area contributed by atoms with Gasteiger partial charge >= 0.3 is 0 Å². The number of hydrazone groups is 1. The molecule has 1 amide bonds. The van der Waals surface area contributed by atoms with Gasteiger partial charge in [-0.3, -0.25) is 14.9 Å². The summed E-state index contributed by atoms with van der Waals surface area (Å²) in [6.07, 6.45) is 0.313. The Balaban J connectivity index is 1.66. The molecule has 9 nitrogen and oxygen atoms in total. The van der Waals surface area contributed by atoms with Crippen molar-refractivity contribution in [3.8, 4) is 17.2 Å². The lowest BCUT2D eigenvalue weighted by Crippen LogP contribution is -2.42. The number of carbonyl (C=O) groups excluding carboxylic acids is 1. The minimum absolute atomic E-state index is 0.0273. The minimum atomic E-state index is -0.895. The van der Waals surface area contributed by atoms with Gasteiger partial charge in [0.15, 0.2) is 11.5 Å². The number of hydrogen-bond donors (Lipinski definition) is 1. The number of nitro benzene ring substituents is 1. The minimum Gasteiger partial charge on any atom is -0.868 e. The number of carbonyl (C=O) groups is 1. The van der Waals surface area contributed by atoms with E-state index in [2.05, 4.69) is 31.3 Å². The quantitative estimate of drug-likeness (QED) is 0.478. The molecule has 9 heteroatoms. The molecule has 0 aromatic heterocycles. The number of nitrogens with one attached hydrogen (secondary N) is 1. The molecule has 0 bridgehead atoms. The van der Waals surface area contributed by atoms with Crippen molar-refractivity contribution in [2.24, 2.45) is 5.10 Å². The maximum atomic E-state index is 12.3. The lowest BCUT2D eigenvalue weighted by molar-refractivity contribution is -0.398. The van der Waals surface area contributed by atoms with Crippen molar-refractivity contribution < 1.29 is 24.3 Å². The predicted octanol–water partition coefficient (Wildman–Crippen LogP) is 2.26. The SMILES string of the molecule is CC(C)(C)c1ccc2c(c1)O[C@H](C(=O)NN=Cc1ccc([O-])c([N+](=O)[O-])c1)CO2. The molecule has 1 heterocycles. The summed E-state index contributed by atoms with van der Waals surface area (Å²) in [5.41, 5.74) is 3.02. The van der Waals surface area contributed by atoms with Crippen molar-refractivity contribution >= 4 is 17.8 Å². The summed E-state index contributed by atoms with van der Waals surface area (Å²) in [5, 5.41) is 26.0. The fraction of sp³-hybridized carbons (Fsp3) is 0.300. The molecule has 1 aliphatic rings. The van der Waals surface area contributed by atoms with Crippen molar-refractivity contribution in [1.29, 1.82) is 0 Å². The van der Waals surface area contributed by atoms with E-state index in [1.165, 1.54) is 12.3 Å². The zero-order chi connectivity index (χ0) is 21.2. The van der Waals surface area contributed by atoms with Crippen LogP contribution in [-0.4, -0.2) is 29.8 Å². The third-order valence-electron chi connectivity index (χ3n) is 4.33. The normalized spacial score (nSPS) is 15.9. The third kappa shape index (κ3) is 4.63. The van der Waals surface area contributed by atoms with Gasteiger partial charge in [0.2, 0.25) is 6.10 Å². The summed E-state index contributed by atoms with van der Waals surface area (Å²) in [6, 6.07) is 9.15. The number of ether oxygens (including phenoxy) is 2. The Morgan fingerprint density at radius 2 is 2.00 bits per heavy atom. The summed E-state index contributed by atoms with van der Waals surface area (Å²) < 4.78 is 11.4. The summed E-state index contributed by atoms with van der Waals surface area (Å²) in [6.45, 7) is 6.24. The lowest BCUT2D eigenvalue weighted by Gasteiger charge is -2.27. The van der Waals surface area contributed by atoms with Crippen molar-refractivity contribution in [2.75, 3.05) is 6.61 Å². The van der Waals surface area contributed by atoms with E-state index in [1.807, 2.05) is 18.2 Å². The van der Waals surface area contributed by atoms with Crippen LogP contribution >= 0.6 is 0 Å². The van der Waals surface area contributed by atoms with Crippen LogP contribution in [0, 0.1) is 10.1 Å². The van der Waals surface area contributed by atoms with E-state index in [1.54, 1.807) is 0 Å². The van der Waals surface area contributed by atoms with Crippen molar-refractivity contribution in [3.63, 3.8) is 0 Å². The topological polar surface area (TPSA) is 126 Å². The number of rotatable bonds is 4. The molecule has 0 unspecified atom stereocenters. The van der Waals surface area contributed by atoms with Gasteiger partial charge in [0, 0.05) is 11.6 Å². The number of amides is 1. The number of nitro groups is 1. The molecule has 0 saturated carbocycles. The summed E-state index contributed by atoms with van der Waals surface area (Å²) >= 11 is 0. The summed E-state index contributed by atoms with van der Waals surface area (Å²) in [4.78, 5) is 22.4. The number of nitrogens with zero attached hydrogens (tertiary/aromatic N) is 2. The second-order valence-electron chi connectivity index (χ2n) is 7.55. The summed E-state index contributed by atoms with van der Waals surface area (Å²) in [7, 11) is 0. The average Bonchev–Trinajstić information content (AvgIpc) is 2.67. The molecule has 2 aromatic rings. The first kappa shape index (κ1) is 20.1. The van der Waals surface area contributed by atoms with Gasteiger partial charge in [0.05, 0.1) is 11.1 Å². The Labute approximate surface area is 167 Å². The zero-order valence-corrected chi connectivity index (χ0v) is 16.2. The molecule has 0 fully saturated rings. The van der Waals surface area contributed by atoms with Crippen LogP contribution in [0.2, 0.25) is 0 Å². The molecular formula is C20H20N3O6-. The molecule has 1 N–H and O–H groups in total. The van der Waals surface area contributed by atoms with E-state index in [9.17, 15) is 20.0 Å². The largest absolute Gasteiger partial charge is 0.868 e. The monoisotopic (exact) mass is 398 g/mol. The lowest BCUT2D eigenvalue weighted by atomic mass is 9.87. The highest BCUT2D eigenvalue weighted by atomic mass is 16.6. The highest BCUT2D eigenvalue weighted by Crippen LogP contribution is 2.36. The van der Waals surface area contributed by atoms with Crippen LogP contribution in [-0.2, 0) is 10.2 Å². The van der Waals surface area contributed by atoms with Gasteiger partial charge in [-0.15, -0.1) is 0 Å². The van der Waals surface area contributed by atoms with Gasteiger partial charge in [0.25, 0.3) is 11.6 Å². The Morgan fingerprint density at radius 1 is 1.24 bits per heavy atom. The van der Waals surface area contributed by atoms with Crippen LogP contribution in [0.15, 0.2) is 41.5 Å². The molecule has 1 aliphatic heterocycles. The van der Waals surface area contributed by atoms with E-state index in [4.69, 9.17) is 9.47 Å². The van der Waals surface area contributed by atoms with Crippen molar-refractivity contribution in [1.82, 2.24) is 5.43 Å². The van der Waals surface area contributed by atoms with E-state index < -0.39 is 28.4 Å². The van der Waals surface area contributed by atoms with E-state index >= 15 is 0 Å². The van der Waals surface area contributed by atoms with Crippen LogP contribution < -0.4 is 20.0 Å². The van der Waals surface area contributed by atoms with E-state index in [-0.39, 0.29) is 12.0 Å². The molecule has 29 heavy (non-hydrogen) atoms. The number of benzene rings is 2. The van der Waals surface area contributed by atoms with Crippen LogP contribution in [0.4, 0.5) is 5.69 Å². The molecule has 3 rings (SSSR count). The molecular weight excluding hydrogens is 378 g/mol. The molecule has 0 radical (unpaired) electrons. The molecule has 0 spiro atoms. The highest BCUT2D eigenvalue weighted by Gasteiger charge is 2.28. The van der Waals surface area contributed by atoms with E-state index in [0.717, 1.165) is 17.7 Å². The van der Waals surface area contributed by atoms with E-state index in [0.29, 0.717) is 17.1 Å². The molecule has 152 valence electrons. The van der Waals surface area contributed by atoms with Gasteiger partial charge in [-0.1, -0.05) is 39.0 Å². The number of hydrogen-bond acceptors (Lipinski definition) is 7. The highest BCUT2D eigenvalue weighted by molar-refractivity contribution is 5.85. The Hall–Kier alpha value is -3.62. The molecule has 2 aromatic carbocycles. The smallest absolute Gasteiger partial charge is 0.284 e. The van der Waals surface area contributed by atoms with Crippen LogP contribution in [0.3, 0.4) is 0 Å². The standard InChI is InChI=1S/C20H21N3O6/c1-20(2,3)13-5-7-16-17(9-13)29-18(11-28-16)19(25)22-21-10-12-4-6-15(24)14(8-12)23(26)27/h4-10,18,24H,11H2,1-3H3,(H,22,25)/p-1/t18-/m0/s1. The van der Waals surface area contributed by atoms with Crippen LogP contribution in [0.5, 0.6) is 17.2 Å². The second-order valence-corrected chi connectivity index (χ2v) is 7.55. The Bertz CT molecular complexity index is 981. The third-order valence-corrected chi connectivity index (χ3v) is 4.33. The van der Waals surface area contributed by atoms with Gasteiger partial charge in [-0.2, -0.15) is 5.10 Å². The van der Waals surface area contributed by atoms with Crippen LogP contribution in [0.1, 0.15) is 31.9 Å². The van der Waals surface area contributed by atoms with Gasteiger partial charge in [-0.25, -0.2) is 5.43 Å². The Kier molecular flexibility index (Phi) is 5.40. The fourth-order valence-corrected chi connectivity index (χ4v) is 2.67. The first-order valence-corrected chi connectivity index (χ1v) is 8.87. The first-order chi connectivity index (χ1) is 13.6. The number of fused-ring (bicyclic) bond motifs is 1. The zero-order valence-electron chi connectivity index (χ0n) is 16.2. The van der Waals surface area contributed by atoms with Gasteiger partial charge in [-0.05, 0) is 28.9 Å². The second kappa shape index (κ2) is 7.78. The molecule has 1 atom stereocenters. The maximum absolute atomic E-state index is 12.3. The molecule has 0 aliphatic carbocycles. The summed E-state index contributed by atoms with van der Waals surface area (Å²) in [5.74, 6) is -0.176. The van der Waals surface area contributed by atoms with Gasteiger partial charge < -0.3 is 14.6 Å². The van der Waals surface area contributed by atoms with Crippen molar-refractivity contribution in [2.45, 2.75) is 32.3 Å².